The van der Waals surface area contributed by atoms with Crippen LogP contribution in [0.3, 0.4) is 0 Å². The van der Waals surface area contributed by atoms with Crippen molar-refractivity contribution < 1.29 is 8.95 Å². The molecule has 2 N–H and O–H groups in total. The summed E-state index contributed by atoms with van der Waals surface area (Å²) in [4.78, 5) is 0.638. The van der Waals surface area contributed by atoms with E-state index in [1.54, 1.807) is 12.1 Å². The molecule has 0 radical (unpaired) electrons. The van der Waals surface area contributed by atoms with Crippen molar-refractivity contribution in [1.82, 2.24) is 0 Å². The van der Waals surface area contributed by atoms with Crippen LogP contribution in [-0.4, -0.2) is 16.6 Å². The molecule has 0 saturated carbocycles. The lowest BCUT2D eigenvalue weighted by molar-refractivity contribution is 0.342. The number of nitrogens with two attached hydrogens (primary N) is 1. The van der Waals surface area contributed by atoms with Gasteiger partial charge in [-0.05, 0) is 42.5 Å². The van der Waals surface area contributed by atoms with E-state index in [0.29, 0.717) is 22.9 Å². The number of rotatable bonds is 5. The van der Waals surface area contributed by atoms with Crippen molar-refractivity contribution >= 4 is 48.3 Å². The van der Waals surface area contributed by atoms with Gasteiger partial charge in [-0.15, -0.1) is 0 Å². The van der Waals surface area contributed by atoms with Crippen molar-refractivity contribution in [3.63, 3.8) is 0 Å². The van der Waals surface area contributed by atoms with Crippen molar-refractivity contribution in [2.45, 2.75) is 4.90 Å². The number of benzene rings is 2. The second kappa shape index (κ2) is 7.24. The summed E-state index contributed by atoms with van der Waals surface area (Å²) < 4.78 is 19.6. The highest BCUT2D eigenvalue weighted by atomic mass is 79.9. The lowest BCUT2D eigenvalue weighted by Gasteiger charge is -2.08. The Kier molecular flexibility index (Phi) is 5.63. The van der Waals surface area contributed by atoms with Crippen LogP contribution in [0.25, 0.3) is 0 Å². The molecule has 2 rings (SSSR count). The van der Waals surface area contributed by atoms with Gasteiger partial charge in [-0.1, -0.05) is 31.9 Å². The van der Waals surface area contributed by atoms with E-state index in [2.05, 4.69) is 31.9 Å². The molecule has 0 aromatic heterocycles. The second-order valence-electron chi connectivity index (χ2n) is 4.03. The van der Waals surface area contributed by atoms with Gasteiger partial charge in [0.1, 0.15) is 12.4 Å². The number of hydrogen-bond donors (Lipinski definition) is 1. The van der Waals surface area contributed by atoms with Crippen LogP contribution < -0.4 is 10.5 Å². The predicted molar refractivity (Wildman–Crippen MR) is 89.5 cm³/mol. The van der Waals surface area contributed by atoms with Gasteiger partial charge in [-0.3, -0.25) is 4.21 Å². The fraction of sp³-hybridized carbons (Fsp3) is 0.143. The molecule has 0 spiro atoms. The van der Waals surface area contributed by atoms with Gasteiger partial charge >= 0.3 is 0 Å². The maximum atomic E-state index is 12.2. The van der Waals surface area contributed by atoms with Crippen LogP contribution in [0, 0.1) is 0 Å². The number of ether oxygens (including phenoxy) is 1. The molecular formula is C14H13Br2NO2S. The van der Waals surface area contributed by atoms with Gasteiger partial charge in [0.25, 0.3) is 0 Å². The molecular weight excluding hydrogens is 406 g/mol. The van der Waals surface area contributed by atoms with Crippen LogP contribution in [0.15, 0.2) is 56.3 Å². The summed E-state index contributed by atoms with van der Waals surface area (Å²) >= 11 is 6.71. The Morgan fingerprint density at radius 3 is 2.40 bits per heavy atom. The van der Waals surface area contributed by atoms with Crippen molar-refractivity contribution in [1.29, 1.82) is 0 Å². The second-order valence-corrected chi connectivity index (χ2v) is 7.40. The summed E-state index contributed by atoms with van der Waals surface area (Å²) in [5, 5.41) is 0. The molecule has 0 saturated heterocycles. The Bertz CT molecular complexity index is 617. The van der Waals surface area contributed by atoms with E-state index in [-0.39, 0.29) is 0 Å². The van der Waals surface area contributed by atoms with Crippen molar-refractivity contribution in [2.75, 3.05) is 18.1 Å². The highest BCUT2D eigenvalue weighted by Gasteiger charge is 2.09. The normalized spacial score (nSPS) is 12.1. The Morgan fingerprint density at radius 1 is 1.05 bits per heavy atom. The molecule has 2 aromatic rings. The number of hydrogen-bond acceptors (Lipinski definition) is 3. The van der Waals surface area contributed by atoms with Gasteiger partial charge in [-0.2, -0.15) is 0 Å². The van der Waals surface area contributed by atoms with E-state index in [4.69, 9.17) is 10.5 Å². The molecule has 1 unspecified atom stereocenters. The summed E-state index contributed by atoms with van der Waals surface area (Å²) in [5.41, 5.74) is 6.37. The number of nitrogen functional groups attached to an aromatic ring is 1. The molecule has 2 aromatic carbocycles. The molecule has 0 aliphatic carbocycles. The first-order chi connectivity index (χ1) is 9.56. The molecule has 0 amide bonds. The van der Waals surface area contributed by atoms with Gasteiger partial charge in [0, 0.05) is 14.6 Å². The first-order valence-corrected chi connectivity index (χ1v) is 8.78. The Hall–Kier alpha value is -0.850. The highest BCUT2D eigenvalue weighted by molar-refractivity contribution is 9.10. The minimum absolute atomic E-state index is 0.375. The van der Waals surface area contributed by atoms with E-state index < -0.39 is 10.8 Å². The minimum Gasteiger partial charge on any atom is -0.493 e. The fourth-order valence-electron chi connectivity index (χ4n) is 1.58. The molecule has 0 fully saturated rings. The summed E-state index contributed by atoms with van der Waals surface area (Å²) in [6, 6.07) is 12.9. The maximum Gasteiger partial charge on any atom is 0.119 e. The van der Waals surface area contributed by atoms with Crippen molar-refractivity contribution in [2.24, 2.45) is 0 Å². The summed E-state index contributed by atoms with van der Waals surface area (Å²) in [5.74, 6) is 1.16. The first-order valence-electron chi connectivity index (χ1n) is 5.88. The van der Waals surface area contributed by atoms with E-state index >= 15 is 0 Å². The van der Waals surface area contributed by atoms with E-state index in [1.165, 1.54) is 0 Å². The topological polar surface area (TPSA) is 52.3 Å². The molecule has 106 valence electrons. The van der Waals surface area contributed by atoms with Crippen LogP contribution in [0.1, 0.15) is 0 Å². The third-order valence-corrected chi connectivity index (χ3v) is 4.98. The minimum atomic E-state index is -1.17. The zero-order chi connectivity index (χ0) is 14.5. The van der Waals surface area contributed by atoms with E-state index in [0.717, 1.165) is 14.7 Å². The number of anilines is 1. The third kappa shape index (κ3) is 4.33. The first kappa shape index (κ1) is 15.5. The zero-order valence-corrected chi connectivity index (χ0v) is 14.5. The van der Waals surface area contributed by atoms with Crippen molar-refractivity contribution in [3.8, 4) is 5.75 Å². The van der Waals surface area contributed by atoms with E-state index in [9.17, 15) is 4.21 Å². The molecule has 0 heterocycles. The maximum absolute atomic E-state index is 12.2. The van der Waals surface area contributed by atoms with Crippen LogP contribution in [-0.2, 0) is 10.8 Å². The SMILES string of the molecule is Nc1ccc(Br)cc1S(=O)CCOc1ccc(Br)cc1. The highest BCUT2D eigenvalue weighted by Crippen LogP contribution is 2.22. The van der Waals surface area contributed by atoms with Gasteiger partial charge in [0.2, 0.25) is 0 Å². The Morgan fingerprint density at radius 2 is 1.70 bits per heavy atom. The lowest BCUT2D eigenvalue weighted by atomic mass is 10.3. The molecule has 0 aliphatic rings. The number of halogens is 2. The molecule has 1 atom stereocenters. The molecule has 20 heavy (non-hydrogen) atoms. The largest absolute Gasteiger partial charge is 0.493 e. The Balaban J connectivity index is 1.92. The third-order valence-electron chi connectivity index (χ3n) is 2.57. The van der Waals surface area contributed by atoms with Gasteiger partial charge in [-0.25, -0.2) is 0 Å². The fourth-order valence-corrected chi connectivity index (χ4v) is 3.40. The van der Waals surface area contributed by atoms with Crippen LogP contribution >= 0.6 is 31.9 Å². The molecule has 6 heteroatoms. The standard InChI is InChI=1S/C14H13Br2NO2S/c15-10-1-4-12(5-2-10)19-7-8-20(18)14-9-11(16)3-6-13(14)17/h1-6,9H,7-8,17H2. The van der Waals surface area contributed by atoms with Crippen LogP contribution in [0.5, 0.6) is 5.75 Å². The molecule has 3 nitrogen and oxygen atoms in total. The lowest BCUT2D eigenvalue weighted by Crippen LogP contribution is -2.10. The van der Waals surface area contributed by atoms with Gasteiger partial charge in [0.05, 0.1) is 21.4 Å². The predicted octanol–water partition coefficient (Wildman–Crippen LogP) is 3.98. The van der Waals surface area contributed by atoms with Crippen LogP contribution in [0.4, 0.5) is 5.69 Å². The molecule has 0 bridgehead atoms. The van der Waals surface area contributed by atoms with Gasteiger partial charge in [0.15, 0.2) is 0 Å². The van der Waals surface area contributed by atoms with Crippen molar-refractivity contribution in [3.05, 3.63) is 51.4 Å². The average Bonchev–Trinajstić information content (AvgIpc) is 2.43. The monoisotopic (exact) mass is 417 g/mol. The Labute approximate surface area is 137 Å². The average molecular weight is 419 g/mol. The van der Waals surface area contributed by atoms with Crippen LogP contribution in [0.2, 0.25) is 0 Å². The molecule has 0 aliphatic heterocycles. The summed E-state index contributed by atoms with van der Waals surface area (Å²) in [6.07, 6.45) is 0. The van der Waals surface area contributed by atoms with Gasteiger partial charge < -0.3 is 10.5 Å². The summed E-state index contributed by atoms with van der Waals surface area (Å²) in [6.45, 7) is 0.375. The zero-order valence-electron chi connectivity index (χ0n) is 10.5. The smallest absolute Gasteiger partial charge is 0.119 e. The quantitative estimate of drug-likeness (QED) is 0.747. The summed E-state index contributed by atoms with van der Waals surface area (Å²) in [7, 11) is -1.17. The van der Waals surface area contributed by atoms with E-state index in [1.807, 2.05) is 30.3 Å².